The highest BCUT2D eigenvalue weighted by Crippen LogP contribution is 2.50. The average Bonchev–Trinajstić information content (AvgIpc) is 2.40. The first-order valence-electron chi connectivity index (χ1n) is 5.40. The predicted molar refractivity (Wildman–Crippen MR) is 93.8 cm³/mol. The molecule has 19 heavy (non-hydrogen) atoms. The molecule has 0 aromatic rings. The molecule has 3 unspecified atom stereocenters. The van der Waals surface area contributed by atoms with Crippen molar-refractivity contribution in [1.82, 2.24) is 0 Å². The fourth-order valence-electron chi connectivity index (χ4n) is 0.739. The molecule has 0 aliphatic rings. The van der Waals surface area contributed by atoms with Gasteiger partial charge in [-0.15, -0.1) is 11.6 Å². The first kappa shape index (κ1) is 21.3. The smallest absolute Gasteiger partial charge is 0.286 e. The molecule has 0 spiro atoms. The number of alkyl halides is 5. The van der Waals surface area contributed by atoms with Gasteiger partial charge in [-0.05, 0) is 6.92 Å². The maximum Gasteiger partial charge on any atom is 0.474 e. The van der Waals surface area contributed by atoms with Crippen molar-refractivity contribution in [3.8, 4) is 0 Å². The van der Waals surface area contributed by atoms with E-state index in [2.05, 4.69) is 63.7 Å². The zero-order chi connectivity index (χ0) is 14.9. The second kappa shape index (κ2) is 11.8. The van der Waals surface area contributed by atoms with Crippen LogP contribution in [-0.2, 0) is 18.1 Å². The second-order valence-corrected chi connectivity index (χ2v) is 9.92. The Morgan fingerprint density at radius 3 is 1.68 bits per heavy atom. The third-order valence-corrected chi connectivity index (χ3v) is 7.62. The van der Waals surface area contributed by atoms with Gasteiger partial charge in [0, 0.05) is 20.3 Å². The molecule has 3 atom stereocenters. The number of halogens is 5. The van der Waals surface area contributed by atoms with Crippen LogP contribution in [0.4, 0.5) is 0 Å². The third kappa shape index (κ3) is 11.5. The molecule has 0 aliphatic carbocycles. The van der Waals surface area contributed by atoms with Gasteiger partial charge in [0.05, 0.1) is 25.2 Å². The SMILES string of the molecule is CC(Cl)COP(=O)(OCC(Br)CBr)OCC(Br)CBr. The summed E-state index contributed by atoms with van der Waals surface area (Å²) in [5.74, 6) is 0. The minimum absolute atomic E-state index is 0.0254. The van der Waals surface area contributed by atoms with Crippen molar-refractivity contribution in [2.24, 2.45) is 0 Å². The van der Waals surface area contributed by atoms with Crippen molar-refractivity contribution in [2.45, 2.75) is 22.0 Å². The topological polar surface area (TPSA) is 44.8 Å². The van der Waals surface area contributed by atoms with Crippen molar-refractivity contribution >= 4 is 83.1 Å². The molecule has 0 rings (SSSR count). The molecular weight excluding hydrogens is 558 g/mol. The molecule has 116 valence electrons. The van der Waals surface area contributed by atoms with Crippen LogP contribution in [0.3, 0.4) is 0 Å². The van der Waals surface area contributed by atoms with Crippen LogP contribution in [0.5, 0.6) is 0 Å². The van der Waals surface area contributed by atoms with E-state index in [0.717, 1.165) is 0 Å². The molecule has 0 fully saturated rings. The van der Waals surface area contributed by atoms with Crippen LogP contribution >= 0.6 is 83.1 Å². The van der Waals surface area contributed by atoms with Crippen LogP contribution in [0.2, 0.25) is 0 Å². The van der Waals surface area contributed by atoms with Crippen LogP contribution in [0.25, 0.3) is 0 Å². The van der Waals surface area contributed by atoms with Crippen LogP contribution < -0.4 is 0 Å². The molecule has 0 aromatic heterocycles. The summed E-state index contributed by atoms with van der Waals surface area (Å²) >= 11 is 19.1. The Labute approximate surface area is 152 Å². The lowest BCUT2D eigenvalue weighted by atomic mass is 10.5. The Balaban J connectivity index is 4.39. The van der Waals surface area contributed by atoms with Gasteiger partial charge in [-0.1, -0.05) is 63.7 Å². The summed E-state index contributed by atoms with van der Waals surface area (Å²) in [6.07, 6.45) is 0. The van der Waals surface area contributed by atoms with Gasteiger partial charge in [0.2, 0.25) is 0 Å². The lowest BCUT2D eigenvalue weighted by molar-refractivity contribution is 0.117. The van der Waals surface area contributed by atoms with Crippen molar-refractivity contribution in [3.63, 3.8) is 0 Å². The van der Waals surface area contributed by atoms with E-state index in [1.54, 1.807) is 6.92 Å². The largest absolute Gasteiger partial charge is 0.474 e. The molecule has 0 saturated heterocycles. The number of phosphoric ester groups is 1. The van der Waals surface area contributed by atoms with E-state index >= 15 is 0 Å². The predicted octanol–water partition coefficient (Wildman–Crippen LogP) is 5.09. The lowest BCUT2D eigenvalue weighted by Crippen LogP contribution is -2.16. The van der Waals surface area contributed by atoms with Gasteiger partial charge in [0.25, 0.3) is 0 Å². The molecule has 0 aromatic carbocycles. The van der Waals surface area contributed by atoms with Crippen molar-refractivity contribution in [1.29, 1.82) is 0 Å². The molecule has 0 saturated carbocycles. The Hall–Kier alpha value is 2.32. The van der Waals surface area contributed by atoms with Crippen LogP contribution in [-0.4, -0.2) is 45.5 Å². The molecule has 0 bridgehead atoms. The van der Waals surface area contributed by atoms with Gasteiger partial charge >= 0.3 is 7.82 Å². The fourth-order valence-corrected chi connectivity index (χ4v) is 3.29. The normalized spacial score (nSPS) is 19.7. The van der Waals surface area contributed by atoms with Gasteiger partial charge in [-0.25, -0.2) is 4.57 Å². The molecule has 10 heteroatoms. The van der Waals surface area contributed by atoms with E-state index in [4.69, 9.17) is 25.2 Å². The minimum Gasteiger partial charge on any atom is -0.286 e. The number of rotatable bonds is 11. The molecule has 0 radical (unpaired) electrons. The summed E-state index contributed by atoms with van der Waals surface area (Å²) in [7, 11) is -3.59. The van der Waals surface area contributed by atoms with E-state index in [0.29, 0.717) is 10.7 Å². The van der Waals surface area contributed by atoms with Gasteiger partial charge in [-0.2, -0.15) is 0 Å². The molecule has 0 amide bonds. The summed E-state index contributed by atoms with van der Waals surface area (Å²) < 4.78 is 28.1. The summed E-state index contributed by atoms with van der Waals surface area (Å²) in [4.78, 5) is 0.0507. The maximum atomic E-state index is 12.4. The van der Waals surface area contributed by atoms with E-state index in [1.165, 1.54) is 0 Å². The number of phosphoric acid groups is 1. The van der Waals surface area contributed by atoms with E-state index in [1.807, 2.05) is 0 Å². The molecular formula is C9H16Br4ClO4P. The summed E-state index contributed by atoms with van der Waals surface area (Å²) in [6, 6.07) is 0. The van der Waals surface area contributed by atoms with Gasteiger partial charge in [0.1, 0.15) is 0 Å². The highest BCUT2D eigenvalue weighted by atomic mass is 79.9. The number of hydrogen-bond donors (Lipinski definition) is 0. The van der Waals surface area contributed by atoms with Crippen LogP contribution in [0, 0.1) is 0 Å². The first-order valence-corrected chi connectivity index (χ1v) is 11.4. The van der Waals surface area contributed by atoms with Crippen molar-refractivity contribution in [2.75, 3.05) is 30.5 Å². The summed E-state index contributed by atoms with van der Waals surface area (Å²) in [5.41, 5.74) is 0. The second-order valence-electron chi connectivity index (χ2n) is 3.62. The van der Waals surface area contributed by atoms with E-state index in [9.17, 15) is 4.57 Å². The van der Waals surface area contributed by atoms with Crippen LogP contribution in [0.15, 0.2) is 0 Å². The van der Waals surface area contributed by atoms with Gasteiger partial charge in [-0.3, -0.25) is 13.6 Å². The monoisotopic (exact) mass is 570 g/mol. The Kier molecular flexibility index (Phi) is 13.3. The highest BCUT2D eigenvalue weighted by molar-refractivity contribution is 9.12. The zero-order valence-corrected chi connectivity index (χ0v) is 18.2. The first-order chi connectivity index (χ1) is 8.83. The van der Waals surface area contributed by atoms with E-state index < -0.39 is 7.82 Å². The lowest BCUT2D eigenvalue weighted by Gasteiger charge is -2.20. The number of hydrogen-bond acceptors (Lipinski definition) is 4. The Morgan fingerprint density at radius 2 is 1.37 bits per heavy atom. The standard InChI is InChI=1S/C9H16Br4ClO4P/c1-7(14)4-16-19(15,17-5-8(12)2-10)18-6-9(13)3-11/h7-9H,2-6H2,1H3. The quantitative estimate of drug-likeness (QED) is 0.255. The fraction of sp³-hybridized carbons (Fsp3) is 1.00. The van der Waals surface area contributed by atoms with Gasteiger partial charge < -0.3 is 0 Å². The van der Waals surface area contributed by atoms with Crippen molar-refractivity contribution in [3.05, 3.63) is 0 Å². The molecule has 0 heterocycles. The average molecular weight is 574 g/mol. The maximum absolute atomic E-state index is 12.4. The Morgan fingerprint density at radius 1 is 1.00 bits per heavy atom. The highest BCUT2D eigenvalue weighted by Gasteiger charge is 2.29. The third-order valence-electron chi connectivity index (χ3n) is 1.62. The van der Waals surface area contributed by atoms with Crippen LogP contribution in [0.1, 0.15) is 6.92 Å². The molecule has 0 N–H and O–H groups in total. The summed E-state index contributed by atoms with van der Waals surface area (Å²) in [5, 5.41) is 1.07. The molecule has 4 nitrogen and oxygen atoms in total. The van der Waals surface area contributed by atoms with Gasteiger partial charge in [0.15, 0.2) is 0 Å². The molecule has 0 aliphatic heterocycles. The zero-order valence-electron chi connectivity index (χ0n) is 10.2. The van der Waals surface area contributed by atoms with Crippen molar-refractivity contribution < 1.29 is 18.1 Å². The Bertz CT molecular complexity index is 267. The van der Waals surface area contributed by atoms with E-state index in [-0.39, 0.29) is 34.9 Å². The summed E-state index contributed by atoms with van der Waals surface area (Å²) in [6.45, 7) is 2.26. The minimum atomic E-state index is -3.59.